The van der Waals surface area contributed by atoms with E-state index in [0.29, 0.717) is 0 Å². The second kappa shape index (κ2) is 5.53. The summed E-state index contributed by atoms with van der Waals surface area (Å²) in [5, 5.41) is 12.9. The van der Waals surface area contributed by atoms with E-state index in [9.17, 15) is 32.0 Å². The molecule has 0 saturated carbocycles. The molecule has 2 aromatic heterocycles. The fraction of sp³-hybridized carbons (Fsp3) is 0.0588. The van der Waals surface area contributed by atoms with Gasteiger partial charge in [-0.2, -0.15) is 13.2 Å². The van der Waals surface area contributed by atoms with Crippen LogP contribution in [-0.2, 0) is 6.18 Å². The van der Waals surface area contributed by atoms with Crippen LogP contribution < -0.4 is 0 Å². The van der Waals surface area contributed by atoms with Crippen LogP contribution in [0.25, 0.3) is 33.1 Å². The number of aromatic hydroxyl groups is 1. The van der Waals surface area contributed by atoms with Gasteiger partial charge in [-0.1, -0.05) is 12.1 Å². The van der Waals surface area contributed by atoms with Gasteiger partial charge >= 0.3 is 6.18 Å². The Balaban J connectivity index is 2.09. The van der Waals surface area contributed by atoms with Gasteiger partial charge in [0.15, 0.2) is 17.5 Å². The van der Waals surface area contributed by atoms with E-state index in [2.05, 4.69) is 15.1 Å². The number of aromatic amines is 2. The van der Waals surface area contributed by atoms with Crippen LogP contribution in [0.1, 0.15) is 5.56 Å². The Bertz CT molecular complexity index is 1220. The van der Waals surface area contributed by atoms with Gasteiger partial charge in [0, 0.05) is 16.8 Å². The van der Waals surface area contributed by atoms with E-state index in [4.69, 9.17) is 0 Å². The standard InChI is InChI=1S/C17H8F5N3O2/c18-9-4-7-11(5-10(9)19)23-15(14(7)25-27)12-6-2-1-3-8(17(20,21)22)13(6)24-16(12)26/h1-5,23-24,26H. The molecule has 27 heavy (non-hydrogen) atoms. The third-order valence-corrected chi connectivity index (χ3v) is 4.27. The summed E-state index contributed by atoms with van der Waals surface area (Å²) in [4.78, 5) is 16.2. The summed E-state index contributed by atoms with van der Waals surface area (Å²) in [6, 6.07) is 4.80. The molecule has 0 fully saturated rings. The molecule has 0 aliphatic rings. The highest BCUT2D eigenvalue weighted by molar-refractivity contribution is 6.08. The van der Waals surface area contributed by atoms with Gasteiger partial charge in [-0.3, -0.25) is 0 Å². The van der Waals surface area contributed by atoms with Crippen LogP contribution in [0.4, 0.5) is 27.6 Å². The van der Waals surface area contributed by atoms with Gasteiger partial charge in [-0.25, -0.2) is 8.78 Å². The van der Waals surface area contributed by atoms with Crippen molar-refractivity contribution in [2.75, 3.05) is 0 Å². The number of nitroso groups, excluding NO2 is 1. The van der Waals surface area contributed by atoms with Crippen molar-refractivity contribution in [3.8, 4) is 17.1 Å². The van der Waals surface area contributed by atoms with Crippen LogP contribution >= 0.6 is 0 Å². The van der Waals surface area contributed by atoms with E-state index in [1.54, 1.807) is 0 Å². The third kappa shape index (κ3) is 2.44. The minimum atomic E-state index is -4.69. The van der Waals surface area contributed by atoms with Crippen molar-refractivity contribution in [2.45, 2.75) is 6.18 Å². The molecule has 10 heteroatoms. The number of nitrogens with zero attached hydrogens (tertiary/aromatic N) is 1. The maximum atomic E-state index is 13.5. The van der Waals surface area contributed by atoms with E-state index < -0.39 is 34.8 Å². The van der Waals surface area contributed by atoms with Gasteiger partial charge in [0.2, 0.25) is 0 Å². The quantitative estimate of drug-likeness (QED) is 0.307. The van der Waals surface area contributed by atoms with Crippen molar-refractivity contribution in [1.29, 1.82) is 0 Å². The van der Waals surface area contributed by atoms with Gasteiger partial charge in [0.1, 0.15) is 5.69 Å². The number of H-pyrrole nitrogens is 2. The lowest BCUT2D eigenvalue weighted by Gasteiger charge is -2.07. The molecule has 4 rings (SSSR count). The van der Waals surface area contributed by atoms with Crippen LogP contribution in [0.15, 0.2) is 35.5 Å². The third-order valence-electron chi connectivity index (χ3n) is 4.27. The monoisotopic (exact) mass is 381 g/mol. The smallest absolute Gasteiger partial charge is 0.418 e. The number of hydrogen-bond donors (Lipinski definition) is 3. The van der Waals surface area contributed by atoms with E-state index in [1.165, 1.54) is 6.07 Å². The van der Waals surface area contributed by atoms with E-state index >= 15 is 0 Å². The molecular weight excluding hydrogens is 373 g/mol. The van der Waals surface area contributed by atoms with Crippen LogP contribution in [0.2, 0.25) is 0 Å². The van der Waals surface area contributed by atoms with Crippen molar-refractivity contribution >= 4 is 27.5 Å². The zero-order chi connectivity index (χ0) is 19.5. The summed E-state index contributed by atoms with van der Waals surface area (Å²) in [7, 11) is 0. The predicted octanol–water partition coefficient (Wildman–Crippen LogP) is 5.72. The van der Waals surface area contributed by atoms with Gasteiger partial charge in [-0.15, -0.1) is 4.91 Å². The van der Waals surface area contributed by atoms with Gasteiger partial charge in [-0.05, 0) is 17.3 Å². The van der Waals surface area contributed by atoms with E-state index in [-0.39, 0.29) is 33.2 Å². The molecule has 5 nitrogen and oxygen atoms in total. The van der Waals surface area contributed by atoms with Crippen LogP contribution in [0, 0.1) is 16.5 Å². The number of halogens is 5. The zero-order valence-corrected chi connectivity index (χ0v) is 13.1. The number of aromatic nitrogens is 2. The maximum Gasteiger partial charge on any atom is 0.418 e. The second-order valence-corrected chi connectivity index (χ2v) is 5.83. The minimum Gasteiger partial charge on any atom is -0.494 e. The Morgan fingerprint density at radius 1 is 1.00 bits per heavy atom. The Morgan fingerprint density at radius 2 is 1.70 bits per heavy atom. The fourth-order valence-corrected chi connectivity index (χ4v) is 3.14. The van der Waals surface area contributed by atoms with Crippen molar-refractivity contribution in [2.24, 2.45) is 5.18 Å². The van der Waals surface area contributed by atoms with Gasteiger partial charge in [0.05, 0.1) is 27.9 Å². The highest BCUT2D eigenvalue weighted by atomic mass is 19.4. The minimum absolute atomic E-state index is 0.000717. The summed E-state index contributed by atoms with van der Waals surface area (Å²) < 4.78 is 66.6. The summed E-state index contributed by atoms with van der Waals surface area (Å²) in [5.74, 6) is -3.06. The largest absolute Gasteiger partial charge is 0.494 e. The average Bonchev–Trinajstić information content (AvgIpc) is 3.09. The summed E-state index contributed by atoms with van der Waals surface area (Å²) in [6.45, 7) is 0. The van der Waals surface area contributed by atoms with Gasteiger partial charge in [0.25, 0.3) is 0 Å². The molecule has 0 atom stereocenters. The topological polar surface area (TPSA) is 81.2 Å². The lowest BCUT2D eigenvalue weighted by atomic mass is 10.1. The molecule has 138 valence electrons. The van der Waals surface area contributed by atoms with Crippen molar-refractivity contribution in [3.05, 3.63) is 52.4 Å². The number of fused-ring (bicyclic) bond motifs is 2. The van der Waals surface area contributed by atoms with Crippen molar-refractivity contribution in [3.63, 3.8) is 0 Å². The Hall–Kier alpha value is -3.43. The highest BCUT2D eigenvalue weighted by Crippen LogP contribution is 2.46. The number of nitrogens with one attached hydrogen (secondary N) is 2. The molecule has 0 unspecified atom stereocenters. The Morgan fingerprint density at radius 3 is 2.37 bits per heavy atom. The first-order valence-electron chi connectivity index (χ1n) is 7.47. The first-order chi connectivity index (χ1) is 12.7. The number of benzene rings is 2. The Labute approximate surface area is 146 Å². The molecular formula is C17H8F5N3O2. The molecule has 2 heterocycles. The maximum absolute atomic E-state index is 13.5. The molecule has 0 spiro atoms. The number of rotatable bonds is 2. The first kappa shape index (κ1) is 17.0. The van der Waals surface area contributed by atoms with Gasteiger partial charge < -0.3 is 15.1 Å². The molecule has 3 N–H and O–H groups in total. The summed E-state index contributed by atoms with van der Waals surface area (Å²) in [5.41, 5.74) is -2.10. The number of hydrogen-bond acceptors (Lipinski definition) is 3. The van der Waals surface area contributed by atoms with Crippen LogP contribution in [0.3, 0.4) is 0 Å². The normalized spacial score (nSPS) is 12.2. The van der Waals surface area contributed by atoms with Crippen molar-refractivity contribution in [1.82, 2.24) is 9.97 Å². The molecule has 0 amide bonds. The number of para-hydroxylation sites is 1. The van der Waals surface area contributed by atoms with E-state index in [0.717, 1.165) is 24.3 Å². The molecule has 0 saturated heterocycles. The molecule has 0 bridgehead atoms. The summed E-state index contributed by atoms with van der Waals surface area (Å²) in [6.07, 6.45) is -4.69. The Kier molecular flexibility index (Phi) is 3.48. The first-order valence-corrected chi connectivity index (χ1v) is 7.47. The molecule has 4 aromatic rings. The SMILES string of the molecule is O=Nc1c(-c2c(O)[nH]c3c(C(F)(F)F)cccc23)[nH]c2cc(F)c(F)cc12. The average molecular weight is 381 g/mol. The molecule has 0 aliphatic carbocycles. The van der Waals surface area contributed by atoms with Crippen molar-refractivity contribution < 1.29 is 27.1 Å². The molecule has 0 aliphatic heterocycles. The summed E-state index contributed by atoms with van der Waals surface area (Å²) >= 11 is 0. The zero-order valence-electron chi connectivity index (χ0n) is 13.1. The lowest BCUT2D eigenvalue weighted by molar-refractivity contribution is -0.136. The lowest BCUT2D eigenvalue weighted by Crippen LogP contribution is -2.05. The predicted molar refractivity (Wildman–Crippen MR) is 87.6 cm³/mol. The van der Waals surface area contributed by atoms with E-state index in [1.807, 2.05) is 0 Å². The number of alkyl halides is 3. The molecule has 0 radical (unpaired) electrons. The fourth-order valence-electron chi connectivity index (χ4n) is 3.14. The van der Waals surface area contributed by atoms with Crippen LogP contribution in [-0.4, -0.2) is 15.1 Å². The van der Waals surface area contributed by atoms with Crippen LogP contribution in [0.5, 0.6) is 5.88 Å². The molecule has 2 aromatic carbocycles. The highest BCUT2D eigenvalue weighted by Gasteiger charge is 2.34. The second-order valence-electron chi connectivity index (χ2n) is 5.83.